The van der Waals surface area contributed by atoms with Gasteiger partial charge in [-0.25, -0.2) is 0 Å². The van der Waals surface area contributed by atoms with E-state index in [1.165, 1.54) is 0 Å². The predicted molar refractivity (Wildman–Crippen MR) is 98.7 cm³/mol. The number of aliphatic hydroxyl groups excluding tert-OH is 1. The van der Waals surface area contributed by atoms with E-state index in [9.17, 15) is 9.90 Å². The van der Waals surface area contributed by atoms with Gasteiger partial charge in [-0.15, -0.1) is 0 Å². The number of hydrogen-bond acceptors (Lipinski definition) is 3. The molecule has 3 nitrogen and oxygen atoms in total. The number of ether oxygens (including phenoxy) is 1. The summed E-state index contributed by atoms with van der Waals surface area (Å²) in [5, 5.41) is 11.5. The lowest BCUT2D eigenvalue weighted by Gasteiger charge is -2.31. The normalized spacial score (nSPS) is 25.6. The van der Waals surface area contributed by atoms with E-state index in [-0.39, 0.29) is 11.5 Å². The first kappa shape index (κ1) is 16.4. The zero-order chi connectivity index (χ0) is 17.8. The van der Waals surface area contributed by atoms with E-state index >= 15 is 0 Å². The van der Waals surface area contributed by atoms with Crippen LogP contribution in [0.15, 0.2) is 48.2 Å². The van der Waals surface area contributed by atoms with Crippen LogP contribution in [0.4, 0.5) is 0 Å². The Kier molecular flexibility index (Phi) is 3.75. The second kappa shape index (κ2) is 5.72. The number of carbonyl (C=O) groups is 1. The van der Waals surface area contributed by atoms with Gasteiger partial charge in [-0.3, -0.25) is 4.79 Å². The molecule has 0 spiro atoms. The van der Waals surface area contributed by atoms with Crippen molar-refractivity contribution >= 4 is 23.0 Å². The van der Waals surface area contributed by atoms with Crippen LogP contribution >= 0.6 is 11.6 Å². The fourth-order valence-corrected chi connectivity index (χ4v) is 3.84. The average Bonchev–Trinajstić information content (AvgIpc) is 2.97. The van der Waals surface area contributed by atoms with Crippen LogP contribution in [-0.4, -0.2) is 22.6 Å². The van der Waals surface area contributed by atoms with Gasteiger partial charge in [0.1, 0.15) is 17.5 Å². The Morgan fingerprint density at radius 1 is 1.16 bits per heavy atom. The van der Waals surface area contributed by atoms with Crippen LogP contribution in [0.5, 0.6) is 0 Å². The summed E-state index contributed by atoms with van der Waals surface area (Å²) in [4.78, 5) is 12.8. The van der Waals surface area contributed by atoms with Crippen molar-refractivity contribution in [1.29, 1.82) is 0 Å². The standard InChI is InChI=1S/C21H19ClO3/c1-12-3-4-14(13-5-7-15(22)8-6-13)11-16(12)18-19(23)17-9-10-21(2,25-17)20(18)24/h3-8,11,17,24H,9-10H2,1-2H3/t17-,21+/m0/s1. The first-order valence-electron chi connectivity index (χ1n) is 8.42. The lowest BCUT2D eigenvalue weighted by molar-refractivity contribution is -0.130. The quantitative estimate of drug-likeness (QED) is 0.815. The van der Waals surface area contributed by atoms with Gasteiger partial charge in [0.25, 0.3) is 0 Å². The molecule has 2 aliphatic rings. The fraction of sp³-hybridized carbons (Fsp3) is 0.286. The third-order valence-electron chi connectivity index (χ3n) is 5.25. The second-order valence-corrected chi connectivity index (χ2v) is 7.44. The van der Waals surface area contributed by atoms with Gasteiger partial charge >= 0.3 is 0 Å². The maximum absolute atomic E-state index is 12.8. The molecule has 4 heteroatoms. The molecule has 0 aliphatic carbocycles. The van der Waals surface area contributed by atoms with E-state index in [0.29, 0.717) is 23.4 Å². The van der Waals surface area contributed by atoms with Crippen molar-refractivity contribution in [2.45, 2.75) is 38.4 Å². The molecular weight excluding hydrogens is 336 g/mol. The molecule has 1 saturated heterocycles. The molecule has 2 aromatic carbocycles. The van der Waals surface area contributed by atoms with Crippen molar-refractivity contribution in [2.24, 2.45) is 0 Å². The average molecular weight is 355 g/mol. The molecule has 2 heterocycles. The Bertz CT molecular complexity index is 898. The SMILES string of the molecule is Cc1ccc(-c2ccc(Cl)cc2)cc1C1=C(O)[C@@]2(C)CC[C@H](O2)C1=O. The van der Waals surface area contributed by atoms with Crippen LogP contribution in [0.1, 0.15) is 30.9 Å². The van der Waals surface area contributed by atoms with Gasteiger partial charge in [-0.2, -0.15) is 0 Å². The highest BCUT2D eigenvalue weighted by atomic mass is 35.5. The van der Waals surface area contributed by atoms with Crippen molar-refractivity contribution in [1.82, 2.24) is 0 Å². The first-order valence-corrected chi connectivity index (χ1v) is 8.79. The maximum Gasteiger partial charge on any atom is 0.195 e. The number of Topliss-reactive ketones (excluding diaryl/α,β-unsaturated/α-hetero) is 1. The van der Waals surface area contributed by atoms with Crippen LogP contribution < -0.4 is 0 Å². The molecular formula is C21H19ClO3. The van der Waals surface area contributed by atoms with Gasteiger partial charge in [0.15, 0.2) is 5.78 Å². The lowest BCUT2D eigenvalue weighted by Crippen LogP contribution is -2.37. The minimum absolute atomic E-state index is 0.0580. The summed E-state index contributed by atoms with van der Waals surface area (Å²) in [7, 11) is 0. The summed E-state index contributed by atoms with van der Waals surface area (Å²) in [5.74, 6) is -0.0635. The van der Waals surface area contributed by atoms with Crippen molar-refractivity contribution in [2.75, 3.05) is 0 Å². The monoisotopic (exact) mass is 354 g/mol. The van der Waals surface area contributed by atoms with Crippen LogP contribution in [-0.2, 0) is 9.53 Å². The molecule has 1 fully saturated rings. The Morgan fingerprint density at radius 2 is 1.84 bits per heavy atom. The number of benzene rings is 2. The zero-order valence-corrected chi connectivity index (χ0v) is 14.9. The Balaban J connectivity index is 1.87. The number of carbonyl (C=O) groups excluding carboxylic acids is 1. The number of aliphatic hydroxyl groups is 1. The van der Waals surface area contributed by atoms with E-state index in [1.807, 2.05) is 56.3 Å². The highest BCUT2D eigenvalue weighted by molar-refractivity contribution is 6.30. The summed E-state index contributed by atoms with van der Waals surface area (Å²) in [6, 6.07) is 13.5. The summed E-state index contributed by atoms with van der Waals surface area (Å²) in [6.07, 6.45) is 0.863. The Hall–Kier alpha value is -2.10. The summed E-state index contributed by atoms with van der Waals surface area (Å²) < 4.78 is 5.76. The minimum atomic E-state index is -0.753. The highest BCUT2D eigenvalue weighted by Gasteiger charge is 2.50. The van der Waals surface area contributed by atoms with E-state index in [0.717, 1.165) is 22.3 Å². The van der Waals surface area contributed by atoms with Gasteiger partial charge in [0.2, 0.25) is 0 Å². The molecule has 4 rings (SSSR count). The van der Waals surface area contributed by atoms with Gasteiger partial charge in [0.05, 0.1) is 5.57 Å². The third-order valence-corrected chi connectivity index (χ3v) is 5.50. The van der Waals surface area contributed by atoms with Gasteiger partial charge in [-0.05, 0) is 67.1 Å². The molecule has 2 aliphatic heterocycles. The lowest BCUT2D eigenvalue weighted by atomic mass is 9.87. The number of rotatable bonds is 2. The molecule has 2 bridgehead atoms. The summed E-state index contributed by atoms with van der Waals surface area (Å²) in [6.45, 7) is 3.81. The van der Waals surface area contributed by atoms with E-state index in [2.05, 4.69) is 0 Å². The molecule has 0 saturated carbocycles. The van der Waals surface area contributed by atoms with E-state index in [4.69, 9.17) is 16.3 Å². The zero-order valence-electron chi connectivity index (χ0n) is 14.2. The number of fused-ring (bicyclic) bond motifs is 2. The smallest absolute Gasteiger partial charge is 0.195 e. The second-order valence-electron chi connectivity index (χ2n) is 7.00. The van der Waals surface area contributed by atoms with Crippen LogP contribution in [0.25, 0.3) is 16.7 Å². The molecule has 2 aromatic rings. The predicted octanol–water partition coefficient (Wildman–Crippen LogP) is 5.10. The summed E-state index contributed by atoms with van der Waals surface area (Å²) in [5.41, 5.74) is 3.38. The van der Waals surface area contributed by atoms with E-state index in [1.54, 1.807) is 0 Å². The van der Waals surface area contributed by atoms with Crippen LogP contribution in [0, 0.1) is 6.92 Å². The molecule has 0 aromatic heterocycles. The maximum atomic E-state index is 12.8. The minimum Gasteiger partial charge on any atom is -0.508 e. The number of ketones is 1. The number of hydrogen-bond donors (Lipinski definition) is 1. The van der Waals surface area contributed by atoms with Crippen molar-refractivity contribution < 1.29 is 14.6 Å². The number of halogens is 1. The van der Waals surface area contributed by atoms with Gasteiger partial charge in [-0.1, -0.05) is 35.9 Å². The first-order chi connectivity index (χ1) is 11.9. The van der Waals surface area contributed by atoms with Crippen molar-refractivity contribution in [3.63, 3.8) is 0 Å². The third kappa shape index (κ3) is 2.59. The topological polar surface area (TPSA) is 46.5 Å². The largest absolute Gasteiger partial charge is 0.508 e. The molecule has 0 radical (unpaired) electrons. The highest BCUT2D eigenvalue weighted by Crippen LogP contribution is 2.45. The molecule has 2 atom stereocenters. The van der Waals surface area contributed by atoms with Crippen LogP contribution in [0.3, 0.4) is 0 Å². The molecule has 0 amide bonds. The molecule has 25 heavy (non-hydrogen) atoms. The molecule has 1 N–H and O–H groups in total. The number of aryl methyl sites for hydroxylation is 1. The van der Waals surface area contributed by atoms with Crippen molar-refractivity contribution in [3.8, 4) is 11.1 Å². The van der Waals surface area contributed by atoms with Gasteiger partial charge < -0.3 is 9.84 Å². The fourth-order valence-electron chi connectivity index (χ4n) is 3.71. The molecule has 0 unspecified atom stereocenters. The van der Waals surface area contributed by atoms with E-state index < -0.39 is 11.7 Å². The Morgan fingerprint density at radius 3 is 2.56 bits per heavy atom. The Labute approximate surface area is 151 Å². The van der Waals surface area contributed by atoms with Gasteiger partial charge in [0, 0.05) is 5.02 Å². The van der Waals surface area contributed by atoms with Crippen LogP contribution in [0.2, 0.25) is 5.02 Å². The molecule has 128 valence electrons. The van der Waals surface area contributed by atoms with Crippen molar-refractivity contribution in [3.05, 3.63) is 64.4 Å². The summed E-state index contributed by atoms with van der Waals surface area (Å²) >= 11 is 5.97.